The molecule has 0 saturated carbocycles. The SMILES string of the molecule is CCOc1cc(C(F)(F)F)ccc1CCNC(=O)OC(C)(C)C. The molecule has 0 unspecified atom stereocenters. The zero-order valence-electron chi connectivity index (χ0n) is 13.7. The Hall–Kier alpha value is -1.92. The molecule has 1 aromatic rings. The van der Waals surface area contributed by atoms with Crippen LogP contribution in [0, 0.1) is 0 Å². The first-order chi connectivity index (χ1) is 10.5. The molecule has 0 fully saturated rings. The van der Waals surface area contributed by atoms with Gasteiger partial charge in [-0.1, -0.05) is 6.07 Å². The molecule has 0 bridgehead atoms. The summed E-state index contributed by atoms with van der Waals surface area (Å²) < 4.78 is 48.5. The number of hydrogen-bond acceptors (Lipinski definition) is 3. The normalized spacial score (nSPS) is 12.0. The second kappa shape index (κ2) is 7.57. The molecule has 0 spiro atoms. The Kier molecular flexibility index (Phi) is 6.29. The highest BCUT2D eigenvalue weighted by Crippen LogP contribution is 2.33. The minimum absolute atomic E-state index is 0.174. The molecule has 0 saturated heterocycles. The molecule has 0 aliphatic heterocycles. The van der Waals surface area contributed by atoms with Gasteiger partial charge < -0.3 is 14.8 Å². The van der Waals surface area contributed by atoms with E-state index in [-0.39, 0.29) is 18.9 Å². The maximum absolute atomic E-state index is 12.7. The second-order valence-electron chi connectivity index (χ2n) is 5.93. The monoisotopic (exact) mass is 333 g/mol. The Morgan fingerprint density at radius 1 is 1.22 bits per heavy atom. The predicted octanol–water partition coefficient (Wildman–Crippen LogP) is 4.17. The molecule has 130 valence electrons. The van der Waals surface area contributed by atoms with Crippen LogP contribution in [-0.4, -0.2) is 24.8 Å². The predicted molar refractivity (Wildman–Crippen MR) is 80.6 cm³/mol. The summed E-state index contributed by atoms with van der Waals surface area (Å²) in [5, 5.41) is 2.56. The van der Waals surface area contributed by atoms with E-state index in [9.17, 15) is 18.0 Å². The number of alkyl carbamates (subject to hydrolysis) is 1. The van der Waals surface area contributed by atoms with E-state index in [2.05, 4.69) is 5.32 Å². The Bertz CT molecular complexity index is 536. The van der Waals surface area contributed by atoms with Gasteiger partial charge >= 0.3 is 12.3 Å². The Balaban J connectivity index is 2.71. The van der Waals surface area contributed by atoms with Crippen molar-refractivity contribution in [2.45, 2.75) is 45.9 Å². The highest BCUT2D eigenvalue weighted by Gasteiger charge is 2.31. The summed E-state index contributed by atoms with van der Waals surface area (Å²) in [5.41, 5.74) is -0.768. The quantitative estimate of drug-likeness (QED) is 0.880. The Labute approximate surface area is 134 Å². The summed E-state index contributed by atoms with van der Waals surface area (Å²) in [6, 6.07) is 3.35. The fourth-order valence-electron chi connectivity index (χ4n) is 1.84. The Morgan fingerprint density at radius 2 is 1.87 bits per heavy atom. The van der Waals surface area contributed by atoms with Crippen molar-refractivity contribution in [1.82, 2.24) is 5.32 Å². The van der Waals surface area contributed by atoms with E-state index in [1.54, 1.807) is 27.7 Å². The van der Waals surface area contributed by atoms with Crippen LogP contribution in [0.15, 0.2) is 18.2 Å². The largest absolute Gasteiger partial charge is 0.494 e. The van der Waals surface area contributed by atoms with Gasteiger partial charge in [0.25, 0.3) is 0 Å². The summed E-state index contributed by atoms with van der Waals surface area (Å²) in [4.78, 5) is 11.5. The first-order valence-corrected chi connectivity index (χ1v) is 7.32. The molecule has 7 heteroatoms. The van der Waals surface area contributed by atoms with Gasteiger partial charge in [0.1, 0.15) is 11.4 Å². The van der Waals surface area contributed by atoms with Crippen molar-refractivity contribution in [3.8, 4) is 5.75 Å². The second-order valence-corrected chi connectivity index (χ2v) is 5.93. The zero-order chi connectivity index (χ0) is 17.7. The minimum atomic E-state index is -4.42. The van der Waals surface area contributed by atoms with Gasteiger partial charge in [0.05, 0.1) is 12.2 Å². The van der Waals surface area contributed by atoms with E-state index in [0.717, 1.165) is 12.1 Å². The molecule has 1 N–H and O–H groups in total. The van der Waals surface area contributed by atoms with E-state index in [1.807, 2.05) is 0 Å². The number of alkyl halides is 3. The fraction of sp³-hybridized carbons (Fsp3) is 0.562. The molecule has 0 heterocycles. The van der Waals surface area contributed by atoms with Gasteiger partial charge in [-0.05, 0) is 51.8 Å². The molecule has 0 aromatic heterocycles. The van der Waals surface area contributed by atoms with Gasteiger partial charge in [0.15, 0.2) is 0 Å². The van der Waals surface area contributed by atoms with Crippen LogP contribution in [0.4, 0.5) is 18.0 Å². The minimum Gasteiger partial charge on any atom is -0.494 e. The van der Waals surface area contributed by atoms with Crippen molar-refractivity contribution in [3.05, 3.63) is 29.3 Å². The highest BCUT2D eigenvalue weighted by atomic mass is 19.4. The van der Waals surface area contributed by atoms with Crippen molar-refractivity contribution in [3.63, 3.8) is 0 Å². The van der Waals surface area contributed by atoms with E-state index in [0.29, 0.717) is 12.0 Å². The average Bonchev–Trinajstić information content (AvgIpc) is 2.37. The molecule has 0 aliphatic rings. The van der Waals surface area contributed by atoms with Crippen LogP contribution < -0.4 is 10.1 Å². The third-order valence-electron chi connectivity index (χ3n) is 2.76. The summed E-state index contributed by atoms with van der Waals surface area (Å²) in [6.45, 7) is 7.43. The van der Waals surface area contributed by atoms with Gasteiger partial charge in [-0.2, -0.15) is 13.2 Å². The third kappa shape index (κ3) is 6.80. The van der Waals surface area contributed by atoms with Crippen LogP contribution in [0.5, 0.6) is 5.75 Å². The van der Waals surface area contributed by atoms with Gasteiger partial charge in [0, 0.05) is 6.54 Å². The number of amides is 1. The highest BCUT2D eigenvalue weighted by molar-refractivity contribution is 5.67. The van der Waals surface area contributed by atoms with E-state index < -0.39 is 23.4 Å². The van der Waals surface area contributed by atoms with Crippen molar-refractivity contribution in [1.29, 1.82) is 0 Å². The molecule has 1 amide bonds. The number of rotatable bonds is 5. The lowest BCUT2D eigenvalue weighted by Crippen LogP contribution is -2.33. The standard InChI is InChI=1S/C16H22F3NO3/c1-5-22-13-10-12(16(17,18)19)7-6-11(13)8-9-20-14(21)23-15(2,3)4/h6-7,10H,5,8-9H2,1-4H3,(H,20,21). The van der Waals surface area contributed by atoms with Crippen LogP contribution in [0.1, 0.15) is 38.8 Å². The van der Waals surface area contributed by atoms with Crippen molar-refractivity contribution >= 4 is 6.09 Å². The van der Waals surface area contributed by atoms with Crippen molar-refractivity contribution in [2.75, 3.05) is 13.2 Å². The van der Waals surface area contributed by atoms with E-state index >= 15 is 0 Å². The summed E-state index contributed by atoms with van der Waals surface area (Å²) >= 11 is 0. The first-order valence-electron chi connectivity index (χ1n) is 7.32. The zero-order valence-corrected chi connectivity index (χ0v) is 13.7. The molecule has 23 heavy (non-hydrogen) atoms. The van der Waals surface area contributed by atoms with E-state index in [4.69, 9.17) is 9.47 Å². The van der Waals surface area contributed by atoms with Crippen LogP contribution in [0.2, 0.25) is 0 Å². The molecular formula is C16H22F3NO3. The lowest BCUT2D eigenvalue weighted by molar-refractivity contribution is -0.137. The van der Waals surface area contributed by atoms with Gasteiger partial charge in [-0.25, -0.2) is 4.79 Å². The van der Waals surface area contributed by atoms with Crippen molar-refractivity contribution in [2.24, 2.45) is 0 Å². The molecule has 1 aromatic carbocycles. The third-order valence-corrected chi connectivity index (χ3v) is 2.76. The molecule has 0 atom stereocenters. The number of halogens is 3. The van der Waals surface area contributed by atoms with Gasteiger partial charge in [-0.3, -0.25) is 0 Å². The summed E-state index contributed by atoms with van der Waals surface area (Å²) in [7, 11) is 0. The number of carbonyl (C=O) groups excluding carboxylic acids is 1. The van der Waals surface area contributed by atoms with E-state index in [1.165, 1.54) is 6.07 Å². The topological polar surface area (TPSA) is 47.6 Å². The molecule has 0 aliphatic carbocycles. The van der Waals surface area contributed by atoms with Gasteiger partial charge in [-0.15, -0.1) is 0 Å². The maximum Gasteiger partial charge on any atom is 0.416 e. The number of nitrogens with one attached hydrogen (secondary N) is 1. The Morgan fingerprint density at radius 3 is 2.39 bits per heavy atom. The lowest BCUT2D eigenvalue weighted by atomic mass is 10.1. The van der Waals surface area contributed by atoms with Crippen LogP contribution in [0.25, 0.3) is 0 Å². The van der Waals surface area contributed by atoms with Crippen LogP contribution >= 0.6 is 0 Å². The average molecular weight is 333 g/mol. The first kappa shape index (κ1) is 19.1. The molecule has 0 radical (unpaired) electrons. The molecule has 1 rings (SSSR count). The maximum atomic E-state index is 12.7. The number of hydrogen-bond donors (Lipinski definition) is 1. The van der Waals surface area contributed by atoms with Crippen LogP contribution in [-0.2, 0) is 17.3 Å². The number of benzene rings is 1. The molecular weight excluding hydrogens is 311 g/mol. The smallest absolute Gasteiger partial charge is 0.416 e. The van der Waals surface area contributed by atoms with Gasteiger partial charge in [0.2, 0.25) is 0 Å². The number of ether oxygens (including phenoxy) is 2. The molecule has 4 nitrogen and oxygen atoms in total. The summed E-state index contributed by atoms with van der Waals surface area (Å²) in [5.74, 6) is 0.174. The van der Waals surface area contributed by atoms with Crippen LogP contribution in [0.3, 0.4) is 0 Å². The fourth-order valence-corrected chi connectivity index (χ4v) is 1.84. The van der Waals surface area contributed by atoms with Crippen molar-refractivity contribution < 1.29 is 27.4 Å². The summed E-state index contributed by atoms with van der Waals surface area (Å²) in [6.07, 6.45) is -4.64. The lowest BCUT2D eigenvalue weighted by Gasteiger charge is -2.20. The number of carbonyl (C=O) groups is 1.